The molecule has 0 bridgehead atoms. The van der Waals surface area contributed by atoms with Gasteiger partial charge in [-0.1, -0.05) is 26.0 Å². The van der Waals surface area contributed by atoms with Crippen LogP contribution in [0.3, 0.4) is 0 Å². The Hall–Kier alpha value is -1.23. The molecular weight excluding hydrogens is 216 g/mol. The molecule has 0 saturated carbocycles. The van der Waals surface area contributed by atoms with E-state index in [1.165, 1.54) is 0 Å². The van der Waals surface area contributed by atoms with Crippen LogP contribution in [-0.4, -0.2) is 27.8 Å². The first-order chi connectivity index (χ1) is 8.08. The first-order valence-corrected chi connectivity index (χ1v) is 6.16. The minimum Gasteiger partial charge on any atom is -0.314 e. The van der Waals surface area contributed by atoms with Gasteiger partial charge in [-0.15, -0.1) is 5.10 Å². The van der Waals surface area contributed by atoms with Gasteiger partial charge < -0.3 is 5.32 Å². The molecule has 0 aliphatic rings. The molecule has 0 unspecified atom stereocenters. The summed E-state index contributed by atoms with van der Waals surface area (Å²) in [5.74, 6) is 0.687. The van der Waals surface area contributed by atoms with E-state index in [1.54, 1.807) is 4.68 Å². The molecule has 1 rings (SSSR count). The number of carbonyl (C=O) groups excluding carboxylic acids is 1. The van der Waals surface area contributed by atoms with E-state index in [1.807, 2.05) is 20.2 Å². The molecule has 1 N–H and O–H groups in total. The van der Waals surface area contributed by atoms with Gasteiger partial charge in [0.1, 0.15) is 6.04 Å². The van der Waals surface area contributed by atoms with Gasteiger partial charge in [0, 0.05) is 14.4 Å². The summed E-state index contributed by atoms with van der Waals surface area (Å²) in [7, 11) is 1.86. The zero-order valence-corrected chi connectivity index (χ0v) is 11.1. The minimum absolute atomic E-state index is 0. The van der Waals surface area contributed by atoms with Crippen molar-refractivity contribution in [1.82, 2.24) is 20.3 Å². The van der Waals surface area contributed by atoms with E-state index in [9.17, 15) is 4.79 Å². The maximum Gasteiger partial charge on any atom is 0.157 e. The van der Waals surface area contributed by atoms with Crippen LogP contribution in [0.4, 0.5) is 0 Å². The lowest BCUT2D eigenvalue weighted by Gasteiger charge is -2.16. The van der Waals surface area contributed by atoms with Crippen molar-refractivity contribution in [2.45, 2.75) is 46.2 Å². The van der Waals surface area contributed by atoms with Crippen molar-refractivity contribution in [2.75, 3.05) is 7.05 Å². The molecule has 0 spiro atoms. The summed E-state index contributed by atoms with van der Waals surface area (Å²) in [4.78, 5) is 11.9. The molecule has 0 fully saturated rings. The highest BCUT2D eigenvalue weighted by Crippen LogP contribution is 2.19. The van der Waals surface area contributed by atoms with E-state index in [4.69, 9.17) is 0 Å². The minimum atomic E-state index is -0.168. The number of Topliss-reactive ketones (excluding diaryl/α,β-unsaturated/α-hetero) is 1. The summed E-state index contributed by atoms with van der Waals surface area (Å²) < 4.78 is 1.71. The predicted molar refractivity (Wildman–Crippen MR) is 68.7 cm³/mol. The van der Waals surface area contributed by atoms with Crippen LogP contribution in [0.15, 0.2) is 6.20 Å². The van der Waals surface area contributed by atoms with Crippen LogP contribution in [0.5, 0.6) is 0 Å². The predicted octanol–water partition coefficient (Wildman–Crippen LogP) is 1.81. The third kappa shape index (κ3) is 3.93. The molecular formula is C12H24N4O. The van der Waals surface area contributed by atoms with Gasteiger partial charge in [0.25, 0.3) is 0 Å². The smallest absolute Gasteiger partial charge is 0.157 e. The Balaban J connectivity index is 0.00000289. The van der Waals surface area contributed by atoms with Crippen molar-refractivity contribution in [3.8, 4) is 0 Å². The molecule has 1 heterocycles. The van der Waals surface area contributed by atoms with E-state index < -0.39 is 0 Å². The summed E-state index contributed by atoms with van der Waals surface area (Å²) in [5.41, 5.74) is 0.866. The second kappa shape index (κ2) is 6.49. The van der Waals surface area contributed by atoms with Crippen molar-refractivity contribution in [3.05, 3.63) is 11.9 Å². The third-order valence-electron chi connectivity index (χ3n) is 2.65. The van der Waals surface area contributed by atoms with Crippen LogP contribution in [0, 0.1) is 5.92 Å². The van der Waals surface area contributed by atoms with Gasteiger partial charge in [-0.3, -0.25) is 4.79 Å². The summed E-state index contributed by atoms with van der Waals surface area (Å²) in [6.45, 7) is 6.79. The number of carbonyl (C=O) groups is 1. The second-order valence-corrected chi connectivity index (χ2v) is 4.69. The van der Waals surface area contributed by atoms with Crippen molar-refractivity contribution in [1.29, 1.82) is 0 Å². The molecule has 0 amide bonds. The van der Waals surface area contributed by atoms with Crippen LogP contribution < -0.4 is 5.32 Å². The Bertz CT molecular complexity index is 365. The molecule has 1 aromatic heterocycles. The summed E-state index contributed by atoms with van der Waals surface area (Å²) in [6.07, 6.45) is 3.21. The molecule has 5 heteroatoms. The molecule has 1 aromatic rings. The maximum absolute atomic E-state index is 11.9. The van der Waals surface area contributed by atoms with E-state index in [2.05, 4.69) is 29.5 Å². The summed E-state index contributed by atoms with van der Waals surface area (Å²) in [5, 5.41) is 11.1. The zero-order valence-electron chi connectivity index (χ0n) is 11.1. The highest BCUT2D eigenvalue weighted by molar-refractivity contribution is 5.82. The lowest BCUT2D eigenvalue weighted by atomic mass is 9.99. The zero-order chi connectivity index (χ0) is 12.8. The first-order valence-electron chi connectivity index (χ1n) is 6.16. The number of rotatable bonds is 7. The highest BCUT2D eigenvalue weighted by atomic mass is 16.1. The van der Waals surface area contributed by atoms with Crippen molar-refractivity contribution in [3.63, 3.8) is 0 Å². The molecule has 98 valence electrons. The van der Waals surface area contributed by atoms with Gasteiger partial charge in [0.2, 0.25) is 0 Å². The molecule has 1 atom stereocenters. The monoisotopic (exact) mass is 240 g/mol. The fourth-order valence-corrected chi connectivity index (χ4v) is 1.80. The van der Waals surface area contributed by atoms with E-state index >= 15 is 0 Å². The van der Waals surface area contributed by atoms with Gasteiger partial charge in [-0.05, 0) is 19.4 Å². The van der Waals surface area contributed by atoms with E-state index in [0.717, 1.165) is 12.1 Å². The summed E-state index contributed by atoms with van der Waals surface area (Å²) in [6, 6.07) is -0.168. The van der Waals surface area contributed by atoms with Crippen LogP contribution in [0.1, 0.15) is 46.8 Å². The number of nitrogens with one attached hydrogen (secondary N) is 1. The number of nitrogens with zero attached hydrogens (tertiary/aromatic N) is 3. The quantitative estimate of drug-likeness (QED) is 0.789. The third-order valence-corrected chi connectivity index (χ3v) is 2.65. The number of hydrogen-bond acceptors (Lipinski definition) is 4. The Morgan fingerprint density at radius 1 is 1.59 bits per heavy atom. The Morgan fingerprint density at radius 3 is 2.82 bits per heavy atom. The maximum atomic E-state index is 11.9. The molecule has 0 radical (unpaired) electrons. The lowest BCUT2D eigenvalue weighted by Crippen LogP contribution is -2.21. The van der Waals surface area contributed by atoms with E-state index in [0.29, 0.717) is 18.9 Å². The van der Waals surface area contributed by atoms with Gasteiger partial charge in [-0.2, -0.15) is 0 Å². The average molecular weight is 240 g/mol. The normalized spacial score (nSPS) is 13.0. The largest absolute Gasteiger partial charge is 0.314 e. The van der Waals surface area contributed by atoms with Gasteiger partial charge in [0.15, 0.2) is 5.78 Å². The molecule has 0 aromatic carbocycles. The number of ketones is 1. The van der Waals surface area contributed by atoms with Crippen molar-refractivity contribution >= 4 is 5.78 Å². The Labute approximate surface area is 104 Å². The number of aromatic nitrogens is 3. The second-order valence-electron chi connectivity index (χ2n) is 4.69. The lowest BCUT2D eigenvalue weighted by molar-refractivity contribution is -0.122. The average Bonchev–Trinajstić information content (AvgIpc) is 2.73. The Kier molecular flexibility index (Phi) is 5.28. The molecule has 5 nitrogen and oxygen atoms in total. The summed E-state index contributed by atoms with van der Waals surface area (Å²) >= 11 is 0. The fourth-order valence-electron chi connectivity index (χ4n) is 1.80. The van der Waals surface area contributed by atoms with Crippen molar-refractivity contribution in [2.24, 2.45) is 5.92 Å². The standard InChI is InChI=1S/C12H22N4O.H2/c1-5-12(17)11(6-9(2)3)16-8-10(7-13-4)14-15-16;/h8-9,11,13H,5-7H2,1-4H3;1H/t11-;/m0./s1. The van der Waals surface area contributed by atoms with Gasteiger partial charge in [-0.25, -0.2) is 4.68 Å². The highest BCUT2D eigenvalue weighted by Gasteiger charge is 2.21. The molecule has 17 heavy (non-hydrogen) atoms. The fraction of sp³-hybridized carbons (Fsp3) is 0.750. The van der Waals surface area contributed by atoms with E-state index in [-0.39, 0.29) is 13.3 Å². The van der Waals surface area contributed by atoms with Crippen molar-refractivity contribution < 1.29 is 6.22 Å². The Morgan fingerprint density at radius 2 is 2.29 bits per heavy atom. The molecule has 0 aliphatic carbocycles. The SMILES string of the molecule is CCC(=O)[C@H](CC(C)C)n1cc(CNC)nn1.[HH]. The molecule has 0 aliphatic heterocycles. The van der Waals surface area contributed by atoms with Gasteiger partial charge in [0.05, 0.1) is 11.9 Å². The first kappa shape index (κ1) is 13.8. The van der Waals surface area contributed by atoms with Crippen LogP contribution >= 0.6 is 0 Å². The van der Waals surface area contributed by atoms with Gasteiger partial charge >= 0.3 is 0 Å². The van der Waals surface area contributed by atoms with Crippen LogP contribution in [0.2, 0.25) is 0 Å². The van der Waals surface area contributed by atoms with Crippen LogP contribution in [0.25, 0.3) is 0 Å². The molecule has 0 saturated heterocycles. The number of hydrogen-bond donors (Lipinski definition) is 1. The topological polar surface area (TPSA) is 59.8 Å². The van der Waals surface area contributed by atoms with Crippen LogP contribution in [-0.2, 0) is 11.3 Å².